The van der Waals surface area contributed by atoms with Gasteiger partial charge in [-0.3, -0.25) is 0 Å². The van der Waals surface area contributed by atoms with Gasteiger partial charge >= 0.3 is 0 Å². The van der Waals surface area contributed by atoms with E-state index in [2.05, 4.69) is 26.0 Å². The predicted molar refractivity (Wildman–Crippen MR) is 44.8 cm³/mol. The molecule has 0 radical (unpaired) electrons. The highest BCUT2D eigenvalue weighted by atomic mass is 16.3. The Balaban J connectivity index is 3.33. The quantitative estimate of drug-likeness (QED) is 0.597. The Morgan fingerprint density at radius 1 is 1.30 bits per heavy atom. The predicted octanol–water partition coefficient (Wildman–Crippen LogP) is 2.22. The van der Waals surface area contributed by atoms with Crippen LogP contribution in [-0.4, -0.2) is 11.7 Å². The molecule has 10 heavy (non-hydrogen) atoms. The molecular formula is C9H18O. The Morgan fingerprint density at radius 3 is 2.30 bits per heavy atom. The molecule has 0 aromatic heterocycles. The maximum absolute atomic E-state index is 8.67. The number of allylic oxidation sites excluding steroid dienone is 2. The molecule has 1 N–H and O–H groups in total. The fourth-order valence-electron chi connectivity index (χ4n) is 0.658. The zero-order valence-corrected chi connectivity index (χ0v) is 7.17. The van der Waals surface area contributed by atoms with Gasteiger partial charge in [-0.15, -0.1) is 0 Å². The second-order valence-electron chi connectivity index (χ2n) is 3.20. The first-order chi connectivity index (χ1) is 4.66. The average molecular weight is 142 g/mol. The van der Waals surface area contributed by atoms with Gasteiger partial charge in [-0.05, 0) is 18.3 Å². The van der Waals surface area contributed by atoms with Crippen LogP contribution in [0.15, 0.2) is 12.2 Å². The van der Waals surface area contributed by atoms with E-state index < -0.39 is 0 Å². The Labute approximate surface area is 63.8 Å². The fourth-order valence-corrected chi connectivity index (χ4v) is 0.658. The molecule has 0 spiro atoms. The van der Waals surface area contributed by atoms with Gasteiger partial charge in [0.15, 0.2) is 0 Å². The van der Waals surface area contributed by atoms with Crippen molar-refractivity contribution in [2.75, 3.05) is 6.61 Å². The lowest BCUT2D eigenvalue weighted by atomic mass is 10.1. The van der Waals surface area contributed by atoms with E-state index >= 15 is 0 Å². The van der Waals surface area contributed by atoms with Gasteiger partial charge in [0.2, 0.25) is 0 Å². The number of hydrogen-bond acceptors (Lipinski definition) is 1. The molecule has 0 rings (SSSR count). The first-order valence-corrected chi connectivity index (χ1v) is 3.94. The van der Waals surface area contributed by atoms with Gasteiger partial charge in [0.05, 0.1) is 0 Å². The van der Waals surface area contributed by atoms with Crippen molar-refractivity contribution in [3.8, 4) is 0 Å². The third-order valence-corrected chi connectivity index (χ3v) is 1.37. The Bertz CT molecular complexity index is 94.9. The standard InChI is InChI=1S/C9H18O/c1-8(2)5-4-6-9(3)7-10/h4-5,8-10H,6-7H2,1-3H3/b5-4+/t9-/m0/s1. The minimum atomic E-state index is 0.294. The number of rotatable bonds is 4. The lowest BCUT2D eigenvalue weighted by molar-refractivity contribution is 0.238. The van der Waals surface area contributed by atoms with E-state index in [1.54, 1.807) is 0 Å². The van der Waals surface area contributed by atoms with Crippen LogP contribution in [0.1, 0.15) is 27.2 Å². The molecular weight excluding hydrogens is 124 g/mol. The van der Waals surface area contributed by atoms with Crippen LogP contribution in [0, 0.1) is 11.8 Å². The number of hydrogen-bond donors (Lipinski definition) is 1. The third-order valence-electron chi connectivity index (χ3n) is 1.37. The topological polar surface area (TPSA) is 20.2 Å². The summed E-state index contributed by atoms with van der Waals surface area (Å²) in [6.45, 7) is 6.65. The summed E-state index contributed by atoms with van der Waals surface area (Å²) in [5.74, 6) is 1.04. The molecule has 0 bridgehead atoms. The zero-order chi connectivity index (χ0) is 7.98. The maximum Gasteiger partial charge on any atom is 0.0459 e. The van der Waals surface area contributed by atoms with Crippen molar-refractivity contribution in [3.63, 3.8) is 0 Å². The van der Waals surface area contributed by atoms with Crippen LogP contribution in [0.3, 0.4) is 0 Å². The fraction of sp³-hybridized carbons (Fsp3) is 0.778. The van der Waals surface area contributed by atoms with E-state index in [4.69, 9.17) is 5.11 Å². The average Bonchev–Trinajstić information content (AvgIpc) is 1.87. The van der Waals surface area contributed by atoms with Gasteiger partial charge in [-0.2, -0.15) is 0 Å². The number of aliphatic hydroxyl groups is 1. The van der Waals surface area contributed by atoms with E-state index in [9.17, 15) is 0 Å². The van der Waals surface area contributed by atoms with E-state index in [1.165, 1.54) is 0 Å². The SMILES string of the molecule is CC(C)/C=C/C[C@H](C)CO. The van der Waals surface area contributed by atoms with Crippen molar-refractivity contribution >= 4 is 0 Å². The summed E-state index contributed by atoms with van der Waals surface area (Å²) in [7, 11) is 0. The summed E-state index contributed by atoms with van der Waals surface area (Å²) in [6.07, 6.45) is 5.31. The largest absolute Gasteiger partial charge is 0.396 e. The lowest BCUT2D eigenvalue weighted by Gasteiger charge is -2.02. The first kappa shape index (κ1) is 9.70. The summed E-state index contributed by atoms with van der Waals surface area (Å²) in [5, 5.41) is 8.67. The highest BCUT2D eigenvalue weighted by Gasteiger charge is 1.94. The normalized spacial score (nSPS) is 14.9. The van der Waals surface area contributed by atoms with Crippen molar-refractivity contribution < 1.29 is 5.11 Å². The van der Waals surface area contributed by atoms with Crippen molar-refractivity contribution in [2.45, 2.75) is 27.2 Å². The molecule has 0 aromatic rings. The van der Waals surface area contributed by atoms with Gasteiger partial charge in [-0.1, -0.05) is 32.9 Å². The van der Waals surface area contributed by atoms with Crippen LogP contribution in [0.25, 0.3) is 0 Å². The molecule has 0 heterocycles. The molecule has 0 aliphatic rings. The summed E-state index contributed by atoms with van der Waals surface area (Å²) >= 11 is 0. The Hall–Kier alpha value is -0.300. The summed E-state index contributed by atoms with van der Waals surface area (Å²) in [4.78, 5) is 0. The minimum absolute atomic E-state index is 0.294. The molecule has 0 unspecified atom stereocenters. The van der Waals surface area contributed by atoms with Gasteiger partial charge in [-0.25, -0.2) is 0 Å². The van der Waals surface area contributed by atoms with Crippen molar-refractivity contribution in [3.05, 3.63) is 12.2 Å². The van der Waals surface area contributed by atoms with Crippen molar-refractivity contribution in [2.24, 2.45) is 11.8 Å². The van der Waals surface area contributed by atoms with E-state index in [0.29, 0.717) is 18.4 Å². The first-order valence-electron chi connectivity index (χ1n) is 3.94. The van der Waals surface area contributed by atoms with Crippen LogP contribution >= 0.6 is 0 Å². The van der Waals surface area contributed by atoms with Gasteiger partial charge in [0.1, 0.15) is 0 Å². The maximum atomic E-state index is 8.67. The Morgan fingerprint density at radius 2 is 1.90 bits per heavy atom. The summed E-state index contributed by atoms with van der Waals surface area (Å²) in [5.41, 5.74) is 0. The highest BCUT2D eigenvalue weighted by molar-refractivity contribution is 4.85. The van der Waals surface area contributed by atoms with Crippen molar-refractivity contribution in [1.29, 1.82) is 0 Å². The van der Waals surface area contributed by atoms with E-state index in [-0.39, 0.29) is 0 Å². The Kier molecular flexibility index (Phi) is 5.32. The zero-order valence-electron chi connectivity index (χ0n) is 7.17. The molecule has 0 amide bonds. The molecule has 0 saturated carbocycles. The molecule has 0 aliphatic heterocycles. The number of aliphatic hydroxyl groups excluding tert-OH is 1. The van der Waals surface area contributed by atoms with Gasteiger partial charge in [0, 0.05) is 6.61 Å². The second-order valence-corrected chi connectivity index (χ2v) is 3.20. The molecule has 1 nitrogen and oxygen atoms in total. The third kappa shape index (κ3) is 5.83. The van der Waals surface area contributed by atoms with Crippen LogP contribution in [-0.2, 0) is 0 Å². The van der Waals surface area contributed by atoms with Crippen LogP contribution in [0.4, 0.5) is 0 Å². The lowest BCUT2D eigenvalue weighted by Crippen LogP contribution is -1.97. The second kappa shape index (κ2) is 5.48. The van der Waals surface area contributed by atoms with E-state index in [0.717, 1.165) is 6.42 Å². The van der Waals surface area contributed by atoms with E-state index in [1.807, 2.05) is 6.92 Å². The molecule has 0 aromatic carbocycles. The van der Waals surface area contributed by atoms with Crippen LogP contribution in [0.2, 0.25) is 0 Å². The van der Waals surface area contributed by atoms with Crippen LogP contribution < -0.4 is 0 Å². The smallest absolute Gasteiger partial charge is 0.0459 e. The minimum Gasteiger partial charge on any atom is -0.396 e. The van der Waals surface area contributed by atoms with Crippen LogP contribution in [0.5, 0.6) is 0 Å². The highest BCUT2D eigenvalue weighted by Crippen LogP contribution is 2.03. The molecule has 1 heteroatoms. The van der Waals surface area contributed by atoms with Gasteiger partial charge in [0.25, 0.3) is 0 Å². The van der Waals surface area contributed by atoms with Crippen molar-refractivity contribution in [1.82, 2.24) is 0 Å². The molecule has 60 valence electrons. The molecule has 0 fully saturated rings. The molecule has 0 saturated heterocycles. The molecule has 0 aliphatic carbocycles. The summed E-state index contributed by atoms with van der Waals surface area (Å²) in [6, 6.07) is 0. The summed E-state index contributed by atoms with van der Waals surface area (Å²) < 4.78 is 0. The monoisotopic (exact) mass is 142 g/mol. The molecule has 1 atom stereocenters. The van der Waals surface area contributed by atoms with Gasteiger partial charge < -0.3 is 5.11 Å².